The first kappa shape index (κ1) is 15.4. The lowest BCUT2D eigenvalue weighted by molar-refractivity contribution is -0.144. The molecule has 0 radical (unpaired) electrons. The van der Waals surface area contributed by atoms with Gasteiger partial charge < -0.3 is 14.7 Å². The molecular weight excluding hydrogens is 232 g/mol. The third-order valence-electron chi connectivity index (χ3n) is 3.06. The maximum atomic E-state index is 12.0. The minimum absolute atomic E-state index is 0.0692. The summed E-state index contributed by atoms with van der Waals surface area (Å²) in [6, 6.07) is 0. The fraction of sp³-hybridized carbons (Fsp3) is 0.923. The number of hydrogen-bond donors (Lipinski definition) is 1. The highest BCUT2D eigenvalue weighted by Crippen LogP contribution is 2.10. The second-order valence-electron chi connectivity index (χ2n) is 5.51. The summed E-state index contributed by atoms with van der Waals surface area (Å²) in [7, 11) is 0. The highest BCUT2D eigenvalue weighted by Gasteiger charge is 2.27. The Morgan fingerprint density at radius 2 is 1.89 bits per heavy atom. The smallest absolute Gasteiger partial charge is 0.251 e. The van der Waals surface area contributed by atoms with Crippen molar-refractivity contribution in [3.8, 4) is 0 Å². The molecular formula is C13H26N2O3. The van der Waals surface area contributed by atoms with Gasteiger partial charge in [0.1, 0.15) is 6.10 Å². The SMILES string of the molecule is CCOC(C)C(=O)N1CCN(CC(C)(C)O)CC1. The first-order valence-electron chi connectivity index (χ1n) is 6.68. The van der Waals surface area contributed by atoms with E-state index in [1.54, 1.807) is 6.92 Å². The first-order chi connectivity index (χ1) is 8.33. The third kappa shape index (κ3) is 4.92. The zero-order valence-electron chi connectivity index (χ0n) is 12.0. The molecule has 1 aliphatic heterocycles. The van der Waals surface area contributed by atoms with Crippen LogP contribution in [0.1, 0.15) is 27.7 Å². The fourth-order valence-corrected chi connectivity index (χ4v) is 2.25. The molecule has 0 aromatic carbocycles. The van der Waals surface area contributed by atoms with Crippen LogP contribution in [0.15, 0.2) is 0 Å². The van der Waals surface area contributed by atoms with Crippen LogP contribution in [0.3, 0.4) is 0 Å². The normalized spacial score (nSPS) is 19.9. The Balaban J connectivity index is 2.37. The van der Waals surface area contributed by atoms with Crippen molar-refractivity contribution < 1.29 is 14.6 Å². The fourth-order valence-electron chi connectivity index (χ4n) is 2.25. The monoisotopic (exact) mass is 258 g/mol. The Bertz CT molecular complexity index is 268. The van der Waals surface area contributed by atoms with Crippen molar-refractivity contribution in [1.82, 2.24) is 9.80 Å². The molecule has 1 aliphatic rings. The molecule has 0 aromatic rings. The highest BCUT2D eigenvalue weighted by molar-refractivity contribution is 5.80. The standard InChI is InChI=1S/C13H26N2O3/c1-5-18-11(2)12(16)15-8-6-14(7-9-15)10-13(3,4)17/h11,17H,5-10H2,1-4H3. The summed E-state index contributed by atoms with van der Waals surface area (Å²) in [5, 5.41) is 9.76. The Morgan fingerprint density at radius 3 is 2.33 bits per heavy atom. The number of β-amino-alcohol motifs (C(OH)–C–C–N with tert-alkyl or cyclic N) is 1. The minimum Gasteiger partial charge on any atom is -0.389 e. The Labute approximate surface area is 110 Å². The van der Waals surface area contributed by atoms with Crippen LogP contribution in [0, 0.1) is 0 Å². The summed E-state index contributed by atoms with van der Waals surface area (Å²) in [6.07, 6.45) is -0.351. The molecule has 5 heteroatoms. The van der Waals surface area contributed by atoms with E-state index in [4.69, 9.17) is 4.74 Å². The summed E-state index contributed by atoms with van der Waals surface area (Å²) in [5.41, 5.74) is -0.676. The molecule has 0 spiro atoms. The number of amides is 1. The summed E-state index contributed by atoms with van der Waals surface area (Å²) in [4.78, 5) is 16.1. The van der Waals surface area contributed by atoms with Crippen LogP contribution in [0.2, 0.25) is 0 Å². The largest absolute Gasteiger partial charge is 0.389 e. The van der Waals surface area contributed by atoms with Crippen LogP contribution >= 0.6 is 0 Å². The van der Waals surface area contributed by atoms with Crippen molar-refractivity contribution in [3.05, 3.63) is 0 Å². The van der Waals surface area contributed by atoms with Gasteiger partial charge in [0.15, 0.2) is 0 Å². The van der Waals surface area contributed by atoms with Crippen LogP contribution in [-0.4, -0.2) is 71.8 Å². The van der Waals surface area contributed by atoms with E-state index in [-0.39, 0.29) is 12.0 Å². The van der Waals surface area contributed by atoms with Gasteiger partial charge in [-0.25, -0.2) is 0 Å². The van der Waals surface area contributed by atoms with Gasteiger partial charge in [0, 0.05) is 39.3 Å². The van der Waals surface area contributed by atoms with Crippen molar-refractivity contribution in [1.29, 1.82) is 0 Å². The van der Waals surface area contributed by atoms with E-state index in [2.05, 4.69) is 4.90 Å². The van der Waals surface area contributed by atoms with E-state index < -0.39 is 5.60 Å². The summed E-state index contributed by atoms with van der Waals surface area (Å²) < 4.78 is 5.32. The van der Waals surface area contributed by atoms with E-state index in [9.17, 15) is 9.90 Å². The molecule has 1 amide bonds. The number of carbonyl (C=O) groups is 1. The lowest BCUT2D eigenvalue weighted by Gasteiger charge is -2.38. The van der Waals surface area contributed by atoms with Gasteiger partial charge in [0.2, 0.25) is 0 Å². The Kier molecular flexibility index (Phi) is 5.56. The van der Waals surface area contributed by atoms with Crippen molar-refractivity contribution >= 4 is 5.91 Å². The molecule has 18 heavy (non-hydrogen) atoms. The predicted molar refractivity (Wildman–Crippen MR) is 70.4 cm³/mol. The number of rotatable bonds is 5. The summed E-state index contributed by atoms with van der Waals surface area (Å²) in [5.74, 6) is 0.0692. The van der Waals surface area contributed by atoms with Crippen LogP contribution in [0.4, 0.5) is 0 Å². The predicted octanol–water partition coefficient (Wildman–Crippen LogP) is 0.327. The topological polar surface area (TPSA) is 53.0 Å². The maximum absolute atomic E-state index is 12.0. The molecule has 1 heterocycles. The van der Waals surface area contributed by atoms with Gasteiger partial charge in [0.25, 0.3) is 5.91 Å². The lowest BCUT2D eigenvalue weighted by Crippen LogP contribution is -2.53. The average Bonchev–Trinajstić information content (AvgIpc) is 2.27. The highest BCUT2D eigenvalue weighted by atomic mass is 16.5. The Morgan fingerprint density at radius 1 is 1.33 bits per heavy atom. The van der Waals surface area contributed by atoms with Gasteiger partial charge in [0.05, 0.1) is 5.60 Å². The minimum atomic E-state index is -0.676. The molecule has 1 N–H and O–H groups in total. The summed E-state index contributed by atoms with van der Waals surface area (Å²) >= 11 is 0. The Hall–Kier alpha value is -0.650. The number of aliphatic hydroxyl groups is 1. The van der Waals surface area contributed by atoms with Crippen LogP contribution in [0.5, 0.6) is 0 Å². The van der Waals surface area contributed by atoms with Gasteiger partial charge in [-0.3, -0.25) is 9.69 Å². The second-order valence-corrected chi connectivity index (χ2v) is 5.51. The number of hydrogen-bond acceptors (Lipinski definition) is 4. The van der Waals surface area contributed by atoms with E-state index in [1.165, 1.54) is 0 Å². The van der Waals surface area contributed by atoms with E-state index in [1.807, 2.05) is 25.7 Å². The second kappa shape index (κ2) is 6.50. The molecule has 5 nitrogen and oxygen atoms in total. The zero-order valence-corrected chi connectivity index (χ0v) is 12.0. The van der Waals surface area contributed by atoms with Crippen molar-refractivity contribution in [2.45, 2.75) is 39.4 Å². The maximum Gasteiger partial charge on any atom is 0.251 e. The van der Waals surface area contributed by atoms with Gasteiger partial charge in [-0.2, -0.15) is 0 Å². The van der Waals surface area contributed by atoms with E-state index >= 15 is 0 Å². The molecule has 1 atom stereocenters. The molecule has 1 saturated heterocycles. The lowest BCUT2D eigenvalue weighted by atomic mass is 10.1. The first-order valence-corrected chi connectivity index (χ1v) is 6.68. The van der Waals surface area contributed by atoms with Gasteiger partial charge in [-0.05, 0) is 27.7 Å². The number of nitrogens with zero attached hydrogens (tertiary/aromatic N) is 2. The van der Waals surface area contributed by atoms with Crippen LogP contribution in [-0.2, 0) is 9.53 Å². The molecule has 1 rings (SSSR count). The quantitative estimate of drug-likeness (QED) is 0.772. The summed E-state index contributed by atoms with van der Waals surface area (Å²) in [6.45, 7) is 11.6. The molecule has 0 aliphatic carbocycles. The van der Waals surface area contributed by atoms with Crippen LogP contribution < -0.4 is 0 Å². The molecule has 1 fully saturated rings. The number of piperazine rings is 1. The van der Waals surface area contributed by atoms with Gasteiger partial charge >= 0.3 is 0 Å². The van der Waals surface area contributed by atoms with Crippen LogP contribution in [0.25, 0.3) is 0 Å². The van der Waals surface area contributed by atoms with Crippen molar-refractivity contribution in [2.24, 2.45) is 0 Å². The number of carbonyl (C=O) groups excluding carboxylic acids is 1. The molecule has 0 bridgehead atoms. The molecule has 0 saturated carbocycles. The van der Waals surface area contributed by atoms with Gasteiger partial charge in [-0.1, -0.05) is 0 Å². The average molecular weight is 258 g/mol. The molecule has 0 aromatic heterocycles. The van der Waals surface area contributed by atoms with Gasteiger partial charge in [-0.15, -0.1) is 0 Å². The molecule has 106 valence electrons. The third-order valence-corrected chi connectivity index (χ3v) is 3.06. The van der Waals surface area contributed by atoms with Crippen molar-refractivity contribution in [2.75, 3.05) is 39.3 Å². The molecule has 1 unspecified atom stereocenters. The van der Waals surface area contributed by atoms with Crippen molar-refractivity contribution in [3.63, 3.8) is 0 Å². The van der Waals surface area contributed by atoms with E-state index in [0.717, 1.165) is 13.1 Å². The number of ether oxygens (including phenoxy) is 1. The zero-order chi connectivity index (χ0) is 13.8. The van der Waals surface area contributed by atoms with E-state index in [0.29, 0.717) is 26.2 Å².